The summed E-state index contributed by atoms with van der Waals surface area (Å²) >= 11 is 0. The Morgan fingerprint density at radius 2 is 0.364 bits per heavy atom. The average molecular weight is 2020 g/mol. The van der Waals surface area contributed by atoms with E-state index >= 15 is 0 Å². The summed E-state index contributed by atoms with van der Waals surface area (Å²) in [6.45, 7) is 49.5. The molecule has 0 amide bonds. The van der Waals surface area contributed by atoms with Gasteiger partial charge in [-0.2, -0.15) is 0 Å². The Bertz CT molecular complexity index is 4100. The minimum atomic E-state index is -0.643. The number of nitrogens with zero attached hydrogens (tertiary/aromatic N) is 4. The van der Waals surface area contributed by atoms with Crippen LogP contribution in [-0.4, -0.2) is 119 Å². The molecule has 10 rings (SSSR count). The SMILES string of the molecule is C1CCOC1.C1CCOC1.C1CCOC1.C1CCOC1.CC(C)(C)C(=O)/C=C(\[O-])c1cccc(C(=O)/C=C(\[O-])C(C)(C)C)c1.CC(C)(C)C(=O)/C=C(\[O-])c1cccc(C(=O)/C=C(\[O-])C(C)(C)C)c1.CC(C)(C)C(=O)/C=C(\[O-])c1cccc(C(=O)/C=C(\[O-])C(C)(C)C)c1.CC(C)(C)C(=O)/C=C(\[O-])c1cccc(C(=O)/C=C(\[O-])C(C)(C)C)c1.[Cu+2].[Cu+2].[Cu+2].[Cu+2].c1cnccn1.c1cnccn1. The molecule has 0 atom stereocenters. The van der Waals surface area contributed by atoms with Gasteiger partial charge in [0.1, 0.15) is 0 Å². The summed E-state index contributed by atoms with van der Waals surface area (Å²) in [5.41, 5.74) is -3.18. The summed E-state index contributed by atoms with van der Waals surface area (Å²) in [6, 6.07) is 24.2. The van der Waals surface area contributed by atoms with Crippen molar-refractivity contribution in [2.75, 3.05) is 52.9 Å². The molecule has 6 heterocycles. The van der Waals surface area contributed by atoms with Gasteiger partial charge in [-0.3, -0.25) is 58.3 Å². The quantitative estimate of drug-likeness (QED) is 0.0376. The number of benzene rings is 4. The van der Waals surface area contributed by atoms with E-state index in [1.807, 2.05) is 0 Å². The third kappa shape index (κ3) is 56.6. The van der Waals surface area contributed by atoms with Crippen LogP contribution in [-0.2, 0) is 106 Å². The number of carbonyl (C=O) groups is 8. The summed E-state index contributed by atoms with van der Waals surface area (Å²) in [5.74, 6) is -5.85. The molecule has 0 saturated carbocycles. The van der Waals surface area contributed by atoms with Gasteiger partial charge in [0.2, 0.25) is 0 Å². The molecular weight excluding hydrogens is 1880 g/mol. The Morgan fingerprint density at radius 3 is 0.470 bits per heavy atom. The number of hydrogen-bond acceptors (Lipinski definition) is 24. The standard InChI is InChI=1S/4C20H26O4.2C4H4N2.4C4H8O.4Cu/c4*1-19(2,3)17(23)11-15(21)13-8-7-9-14(10-13)16(22)12-18(24)20(4,5)6;2*1-2-6-4-3-5-1;4*1-2-4-5-3-1;;;;/h4*7-12,21,24H,1-6H3;2*1-4H;4*1-4H2;;;;/q;;;;;;;;;;4*+2/p-8/b4*15-11-,18-12-;;;;;;;;;;. The molecule has 4 aliphatic rings. The summed E-state index contributed by atoms with van der Waals surface area (Å²) in [7, 11) is 0. The van der Waals surface area contributed by atoms with E-state index in [1.165, 1.54) is 124 Å². The molecule has 4 aromatic carbocycles. The van der Waals surface area contributed by atoms with Crippen molar-refractivity contribution in [2.24, 2.45) is 43.3 Å². The van der Waals surface area contributed by atoms with E-state index in [0.717, 1.165) is 101 Å². The van der Waals surface area contributed by atoms with E-state index in [2.05, 4.69) is 19.9 Å². The van der Waals surface area contributed by atoms with Crippen LogP contribution in [0.5, 0.6) is 0 Å². The summed E-state index contributed by atoms with van der Waals surface area (Å²) in [6.07, 6.45) is 31.7. The molecule has 0 spiro atoms. The van der Waals surface area contributed by atoms with Crippen molar-refractivity contribution in [3.8, 4) is 0 Å². The number of allylic oxidation sites excluding steroid dienone is 12. The van der Waals surface area contributed by atoms with Crippen LogP contribution < -0.4 is 40.9 Å². The second kappa shape index (κ2) is 63.8. The van der Waals surface area contributed by atoms with Gasteiger partial charge < -0.3 is 59.8 Å². The zero-order chi connectivity index (χ0) is 97.5. The molecule has 0 N–H and O–H groups in total. The van der Waals surface area contributed by atoms with Crippen molar-refractivity contribution in [2.45, 2.75) is 218 Å². The Labute approximate surface area is 826 Å². The van der Waals surface area contributed by atoms with Crippen molar-refractivity contribution < 1.29 is 166 Å². The van der Waals surface area contributed by atoms with Crippen LogP contribution in [0.25, 0.3) is 23.0 Å². The van der Waals surface area contributed by atoms with Gasteiger partial charge in [0, 0.05) is 146 Å². The van der Waals surface area contributed by atoms with Crippen LogP contribution in [0.1, 0.15) is 281 Å². The number of carbonyl (C=O) groups excluding carboxylic acids is 8. The Hall–Kier alpha value is -9.36. The van der Waals surface area contributed by atoms with Gasteiger partial charge in [0.15, 0.2) is 46.3 Å². The Balaban J connectivity index is -0.000000731. The number of ketones is 8. The molecule has 0 bridgehead atoms. The second-order valence-corrected chi connectivity index (χ2v) is 38.4. The van der Waals surface area contributed by atoms with Crippen LogP contribution >= 0.6 is 0 Å². The molecule has 0 unspecified atom stereocenters. The van der Waals surface area contributed by atoms with E-state index in [4.69, 9.17) is 18.9 Å². The fourth-order valence-corrected chi connectivity index (χ4v) is 9.20. The van der Waals surface area contributed by atoms with E-state index in [1.54, 1.807) is 240 Å². The topological polar surface area (TPSA) is 410 Å². The maximum Gasteiger partial charge on any atom is 2.00 e. The second-order valence-electron chi connectivity index (χ2n) is 38.4. The maximum atomic E-state index is 12.2. The molecule has 0 aliphatic carbocycles. The number of aromatic nitrogens is 4. The van der Waals surface area contributed by atoms with Gasteiger partial charge in [-0.05, 0) is 168 Å². The van der Waals surface area contributed by atoms with Crippen LogP contribution in [0, 0.1) is 43.3 Å². The molecule has 4 saturated heterocycles. The van der Waals surface area contributed by atoms with Gasteiger partial charge in [0.25, 0.3) is 0 Å². The molecule has 28 heteroatoms. The largest absolute Gasteiger partial charge is 2.00 e. The predicted molar refractivity (Wildman–Crippen MR) is 487 cm³/mol. The van der Waals surface area contributed by atoms with Gasteiger partial charge in [-0.1, -0.05) is 262 Å². The van der Waals surface area contributed by atoms with Crippen molar-refractivity contribution in [3.05, 3.63) is 263 Å². The number of ether oxygens (including phenoxy) is 4. The molecule has 4 fully saturated rings. The van der Waals surface area contributed by atoms with Crippen LogP contribution in [0.4, 0.5) is 0 Å². The molecule has 4 radical (unpaired) electrons. The first-order chi connectivity index (χ1) is 59.3. The van der Waals surface area contributed by atoms with Crippen molar-refractivity contribution >= 4 is 69.3 Å². The zero-order valence-electron chi connectivity index (χ0n) is 80.9. The van der Waals surface area contributed by atoms with E-state index in [-0.39, 0.29) is 159 Å². The predicted octanol–water partition coefficient (Wildman–Crippen LogP) is 14.0. The monoisotopic (exact) mass is 2010 g/mol. The fourth-order valence-electron chi connectivity index (χ4n) is 9.20. The minimum absolute atomic E-state index is 0. The molecule has 6 aromatic rings. The van der Waals surface area contributed by atoms with Gasteiger partial charge in [0.05, 0.1) is 0 Å². The third-order valence-electron chi connectivity index (χ3n) is 18.0. The Morgan fingerprint density at radius 1 is 0.227 bits per heavy atom. The number of rotatable bonds is 16. The van der Waals surface area contributed by atoms with Crippen molar-refractivity contribution in [1.29, 1.82) is 0 Å². The molecule has 4 aliphatic heterocycles. The molecule has 2 aromatic heterocycles. The first kappa shape index (κ1) is 129. The fraction of sp³-hybridized carbons (Fsp3) is 0.462. The Kier molecular flexibility index (Phi) is 62.3. The minimum Gasteiger partial charge on any atom is -0.875 e. The summed E-state index contributed by atoms with van der Waals surface area (Å²) < 4.78 is 19.8. The van der Waals surface area contributed by atoms with Crippen molar-refractivity contribution in [3.63, 3.8) is 0 Å². The zero-order valence-corrected chi connectivity index (χ0v) is 84.7. The molecule has 736 valence electrons. The molecule has 132 heavy (non-hydrogen) atoms. The summed E-state index contributed by atoms with van der Waals surface area (Å²) in [5, 5.41) is 96.5. The molecular formula is C104H136Cu4N4O20. The van der Waals surface area contributed by atoms with Crippen LogP contribution in [0.15, 0.2) is 218 Å². The van der Waals surface area contributed by atoms with Gasteiger partial charge in [-0.15, -0.1) is 23.0 Å². The number of hydrogen-bond donors (Lipinski definition) is 0. The normalized spacial score (nSPS) is 14.4. The smallest absolute Gasteiger partial charge is 0.875 e. The summed E-state index contributed by atoms with van der Waals surface area (Å²) in [4.78, 5) is 111. The first-order valence-electron chi connectivity index (χ1n) is 42.9. The maximum absolute atomic E-state index is 12.2. The third-order valence-corrected chi connectivity index (χ3v) is 18.0. The first-order valence-corrected chi connectivity index (χ1v) is 42.9. The van der Waals surface area contributed by atoms with Gasteiger partial charge in [-0.25, -0.2) is 0 Å². The van der Waals surface area contributed by atoms with Crippen LogP contribution in [0.3, 0.4) is 0 Å². The van der Waals surface area contributed by atoms with E-state index < -0.39 is 89.5 Å². The van der Waals surface area contributed by atoms with E-state index in [0.29, 0.717) is 0 Å². The average Bonchev–Trinajstić information content (AvgIpc) is 0.888. The van der Waals surface area contributed by atoms with Crippen molar-refractivity contribution in [1.82, 2.24) is 19.9 Å². The molecule has 24 nitrogen and oxygen atoms in total. The van der Waals surface area contributed by atoms with Gasteiger partial charge >= 0.3 is 68.3 Å². The van der Waals surface area contributed by atoms with Crippen LogP contribution in [0.2, 0.25) is 0 Å². The van der Waals surface area contributed by atoms with E-state index in [9.17, 15) is 79.2 Å².